The number of fused-ring (bicyclic) bond motifs is 3. The van der Waals surface area contributed by atoms with E-state index in [0.717, 1.165) is 28.9 Å². The topological polar surface area (TPSA) is 85.0 Å². The summed E-state index contributed by atoms with van der Waals surface area (Å²) in [5, 5.41) is 14.7. The SMILES string of the molecule is Cc1c([N+](=O)[O-])c2ccccc2[n+]2[nH]n(-c3ccc(C(F)(F)F)cc3)c(=O)c12. The van der Waals surface area contributed by atoms with Crippen molar-refractivity contribution in [2.24, 2.45) is 0 Å². The van der Waals surface area contributed by atoms with E-state index in [4.69, 9.17) is 0 Å². The molecule has 2 aromatic heterocycles. The van der Waals surface area contributed by atoms with Gasteiger partial charge in [0.05, 0.1) is 16.1 Å². The number of aryl methyl sites for hydroxylation is 1. The zero-order valence-corrected chi connectivity index (χ0v) is 14.3. The molecule has 10 heteroatoms. The molecule has 0 radical (unpaired) electrons. The summed E-state index contributed by atoms with van der Waals surface area (Å²) in [7, 11) is 0. The highest BCUT2D eigenvalue weighted by Gasteiger charge is 2.32. The lowest BCUT2D eigenvalue weighted by molar-refractivity contribution is -0.556. The van der Waals surface area contributed by atoms with E-state index in [2.05, 4.69) is 5.21 Å². The lowest BCUT2D eigenvalue weighted by Gasteiger charge is -2.05. The Morgan fingerprint density at radius 1 is 1.11 bits per heavy atom. The van der Waals surface area contributed by atoms with Crippen molar-refractivity contribution in [3.8, 4) is 5.69 Å². The molecule has 0 atom stereocenters. The first-order valence-corrected chi connectivity index (χ1v) is 8.10. The quantitative estimate of drug-likeness (QED) is 0.324. The monoisotopic (exact) mass is 389 g/mol. The molecule has 0 aliphatic carbocycles. The predicted molar refractivity (Wildman–Crippen MR) is 93.4 cm³/mol. The molecule has 7 nitrogen and oxygen atoms in total. The number of aromatic amines is 1. The van der Waals surface area contributed by atoms with Crippen LogP contribution >= 0.6 is 0 Å². The summed E-state index contributed by atoms with van der Waals surface area (Å²) >= 11 is 0. The lowest BCUT2D eigenvalue weighted by atomic mass is 10.1. The van der Waals surface area contributed by atoms with Crippen LogP contribution in [0.25, 0.3) is 22.1 Å². The third-order valence-electron chi connectivity index (χ3n) is 4.58. The Morgan fingerprint density at radius 2 is 1.75 bits per heavy atom. The number of hydrogen-bond donors (Lipinski definition) is 1. The number of alkyl halides is 3. The second-order valence-electron chi connectivity index (χ2n) is 6.22. The zero-order valence-electron chi connectivity index (χ0n) is 14.3. The van der Waals surface area contributed by atoms with Crippen LogP contribution < -0.4 is 10.1 Å². The molecular weight excluding hydrogens is 377 g/mol. The molecule has 4 aromatic rings. The Balaban J connectivity index is 2.05. The molecule has 0 unspecified atom stereocenters. The van der Waals surface area contributed by atoms with Crippen LogP contribution in [0.5, 0.6) is 0 Å². The maximum atomic E-state index is 12.9. The van der Waals surface area contributed by atoms with Gasteiger partial charge < -0.3 is 0 Å². The number of benzene rings is 2. The highest BCUT2D eigenvalue weighted by Crippen LogP contribution is 2.30. The largest absolute Gasteiger partial charge is 0.416 e. The number of nitrogens with one attached hydrogen (secondary N) is 1. The van der Waals surface area contributed by atoms with Gasteiger partial charge in [-0.25, -0.2) is 4.79 Å². The van der Waals surface area contributed by atoms with Gasteiger partial charge in [-0.2, -0.15) is 13.2 Å². The average molecular weight is 389 g/mol. The van der Waals surface area contributed by atoms with E-state index in [1.54, 1.807) is 24.3 Å². The first-order chi connectivity index (χ1) is 13.2. The van der Waals surface area contributed by atoms with E-state index < -0.39 is 22.2 Å². The standard InChI is InChI=1S/C18H11F3N4O3/c1-10-15(25(27)28)13-4-2-3-5-14(13)24-16(10)17(26)23(22-24)12-8-6-11(7-9-12)18(19,20)21/h2-9H,1H3/p+1. The molecule has 4 rings (SSSR count). The van der Waals surface area contributed by atoms with E-state index in [-0.39, 0.29) is 22.5 Å². The van der Waals surface area contributed by atoms with Crippen molar-refractivity contribution in [3.63, 3.8) is 0 Å². The molecule has 0 fully saturated rings. The summed E-state index contributed by atoms with van der Waals surface area (Å²) in [4.78, 5) is 23.9. The summed E-state index contributed by atoms with van der Waals surface area (Å²) in [5.74, 6) is 0. The highest BCUT2D eigenvalue weighted by atomic mass is 19.4. The molecule has 1 N–H and O–H groups in total. The highest BCUT2D eigenvalue weighted by molar-refractivity contribution is 5.89. The molecule has 2 heterocycles. The van der Waals surface area contributed by atoms with Crippen LogP contribution in [-0.2, 0) is 6.18 Å². The fourth-order valence-electron chi connectivity index (χ4n) is 3.29. The van der Waals surface area contributed by atoms with Crippen LogP contribution in [-0.4, -0.2) is 14.8 Å². The van der Waals surface area contributed by atoms with Gasteiger partial charge in [0.15, 0.2) is 11.2 Å². The van der Waals surface area contributed by atoms with Crippen LogP contribution in [0.1, 0.15) is 11.1 Å². The number of halogens is 3. The molecule has 0 aliphatic heterocycles. The molecule has 0 saturated heterocycles. The van der Waals surface area contributed by atoms with Crippen molar-refractivity contribution in [2.75, 3.05) is 0 Å². The third-order valence-corrected chi connectivity index (χ3v) is 4.58. The van der Waals surface area contributed by atoms with Crippen LogP contribution in [0, 0.1) is 17.0 Å². The first-order valence-electron chi connectivity index (χ1n) is 8.10. The number of nitrogens with zero attached hydrogens (tertiary/aromatic N) is 3. The Kier molecular flexibility index (Phi) is 3.74. The number of H-pyrrole nitrogens is 1. The molecule has 0 amide bonds. The molecule has 0 bridgehead atoms. The third kappa shape index (κ3) is 2.53. The Labute approximate surface area is 154 Å². The van der Waals surface area contributed by atoms with Gasteiger partial charge in [-0.1, -0.05) is 22.0 Å². The van der Waals surface area contributed by atoms with Crippen molar-refractivity contribution < 1.29 is 22.6 Å². The second-order valence-corrected chi connectivity index (χ2v) is 6.22. The van der Waals surface area contributed by atoms with Gasteiger partial charge in [-0.3, -0.25) is 10.1 Å². The fraction of sp³-hybridized carbons (Fsp3) is 0.111. The number of para-hydroxylation sites is 1. The van der Waals surface area contributed by atoms with Crippen molar-refractivity contribution >= 4 is 22.1 Å². The summed E-state index contributed by atoms with van der Waals surface area (Å²) in [6.45, 7) is 1.46. The first kappa shape index (κ1) is 17.7. The molecule has 0 spiro atoms. The summed E-state index contributed by atoms with van der Waals surface area (Å²) in [6.07, 6.45) is -4.49. The van der Waals surface area contributed by atoms with Crippen LogP contribution in [0.15, 0.2) is 53.3 Å². The maximum absolute atomic E-state index is 12.9. The number of nitro groups is 1. The second kappa shape index (κ2) is 5.91. The van der Waals surface area contributed by atoms with Gasteiger partial charge >= 0.3 is 11.7 Å². The van der Waals surface area contributed by atoms with E-state index in [1.165, 1.54) is 11.4 Å². The van der Waals surface area contributed by atoms with Crippen molar-refractivity contribution in [1.82, 2.24) is 9.90 Å². The summed E-state index contributed by atoms with van der Waals surface area (Å²) < 4.78 is 40.8. The number of aromatic nitrogens is 3. The minimum Gasteiger partial charge on any atom is -0.258 e. The number of hydrogen-bond acceptors (Lipinski definition) is 3. The van der Waals surface area contributed by atoms with Crippen LogP contribution in [0.2, 0.25) is 0 Å². The molecule has 0 aliphatic rings. The smallest absolute Gasteiger partial charge is 0.258 e. The number of pyridine rings is 1. The maximum Gasteiger partial charge on any atom is 0.416 e. The summed E-state index contributed by atoms with van der Waals surface area (Å²) in [5.41, 5.74) is -0.853. The number of rotatable bonds is 2. The van der Waals surface area contributed by atoms with E-state index in [1.807, 2.05) is 0 Å². The van der Waals surface area contributed by atoms with Gasteiger partial charge in [0.2, 0.25) is 0 Å². The van der Waals surface area contributed by atoms with Gasteiger partial charge in [0, 0.05) is 0 Å². The van der Waals surface area contributed by atoms with Gasteiger partial charge in [-0.05, 0) is 43.3 Å². The van der Waals surface area contributed by atoms with E-state index in [0.29, 0.717) is 10.9 Å². The molecule has 28 heavy (non-hydrogen) atoms. The molecule has 2 aromatic carbocycles. The average Bonchev–Trinajstić information content (AvgIpc) is 2.99. The Morgan fingerprint density at radius 3 is 2.36 bits per heavy atom. The van der Waals surface area contributed by atoms with E-state index >= 15 is 0 Å². The Hall–Kier alpha value is -3.69. The summed E-state index contributed by atoms with van der Waals surface area (Å²) in [6, 6.07) is 10.5. The van der Waals surface area contributed by atoms with Gasteiger partial charge in [-0.15, -0.1) is 4.52 Å². The normalized spacial score (nSPS) is 12.0. The van der Waals surface area contributed by atoms with Gasteiger partial charge in [0.25, 0.3) is 11.2 Å². The van der Waals surface area contributed by atoms with Crippen LogP contribution in [0.3, 0.4) is 0 Å². The minimum absolute atomic E-state index is 0.0466. The van der Waals surface area contributed by atoms with E-state index in [9.17, 15) is 28.1 Å². The zero-order chi connectivity index (χ0) is 20.2. The lowest BCUT2D eigenvalue weighted by Crippen LogP contribution is -2.27. The molecule has 142 valence electrons. The fourth-order valence-corrected chi connectivity index (χ4v) is 3.29. The molecular formula is C18H12F3N4O3+. The van der Waals surface area contributed by atoms with Crippen molar-refractivity contribution in [1.29, 1.82) is 0 Å². The predicted octanol–water partition coefficient (Wildman–Crippen LogP) is 3.29. The van der Waals surface area contributed by atoms with Crippen molar-refractivity contribution in [2.45, 2.75) is 13.1 Å². The Bertz CT molecular complexity index is 1300. The minimum atomic E-state index is -4.49. The molecule has 0 saturated carbocycles. The van der Waals surface area contributed by atoms with Crippen LogP contribution in [0.4, 0.5) is 18.9 Å². The van der Waals surface area contributed by atoms with Crippen molar-refractivity contribution in [3.05, 3.63) is 80.1 Å². The van der Waals surface area contributed by atoms with Gasteiger partial charge in [0.1, 0.15) is 5.39 Å².